The van der Waals surface area contributed by atoms with E-state index in [1.165, 1.54) is 24.7 Å². The van der Waals surface area contributed by atoms with Crippen LogP contribution in [0.4, 0.5) is 17.3 Å². The van der Waals surface area contributed by atoms with Crippen molar-refractivity contribution in [1.82, 2.24) is 19.9 Å². The lowest BCUT2D eigenvalue weighted by atomic mass is 10.0. The van der Waals surface area contributed by atoms with Crippen molar-refractivity contribution in [1.29, 1.82) is 5.26 Å². The second kappa shape index (κ2) is 10.1. The van der Waals surface area contributed by atoms with Gasteiger partial charge < -0.3 is 15.1 Å². The molecule has 3 rings (SSSR count). The van der Waals surface area contributed by atoms with Crippen LogP contribution in [-0.2, 0) is 9.59 Å². The largest absolute Gasteiger partial charge is 0.373 e. The molecule has 0 spiro atoms. The number of hydrogen-bond donors (Lipinski definition) is 1. The zero-order valence-corrected chi connectivity index (χ0v) is 16.2. The SMILES string of the molecule is Cc1cnc(Nc2cnc(C#N)cn2)cc1N(C)C1CCN(C)CC1.O=C=O. The lowest BCUT2D eigenvalue weighted by Gasteiger charge is -2.37. The molecule has 0 aromatic carbocycles. The molecular weight excluding hydrogens is 358 g/mol. The number of carbonyl (C=O) groups excluding carboxylic acids is 2. The first-order valence-electron chi connectivity index (χ1n) is 8.85. The van der Waals surface area contributed by atoms with Crippen molar-refractivity contribution < 1.29 is 9.59 Å². The van der Waals surface area contributed by atoms with Gasteiger partial charge in [-0.05, 0) is 45.5 Å². The first-order valence-corrected chi connectivity index (χ1v) is 8.85. The number of nitrogens with one attached hydrogen (secondary N) is 1. The Bertz CT molecular complexity index is 850. The van der Waals surface area contributed by atoms with Crippen LogP contribution >= 0.6 is 0 Å². The van der Waals surface area contributed by atoms with Gasteiger partial charge in [-0.1, -0.05) is 0 Å². The fourth-order valence-electron chi connectivity index (χ4n) is 3.12. The molecule has 0 aliphatic carbocycles. The van der Waals surface area contributed by atoms with Crippen LogP contribution in [0.5, 0.6) is 0 Å². The zero-order chi connectivity index (χ0) is 20.5. The molecule has 1 aliphatic heterocycles. The van der Waals surface area contributed by atoms with Crippen LogP contribution in [0.3, 0.4) is 0 Å². The summed E-state index contributed by atoms with van der Waals surface area (Å²) >= 11 is 0. The van der Waals surface area contributed by atoms with Crippen LogP contribution in [0.1, 0.15) is 24.1 Å². The third-order valence-corrected chi connectivity index (χ3v) is 4.71. The normalized spacial score (nSPS) is 14.2. The quantitative estimate of drug-likeness (QED) is 0.845. The number of hydrogen-bond acceptors (Lipinski definition) is 9. The van der Waals surface area contributed by atoms with Crippen LogP contribution < -0.4 is 10.2 Å². The molecule has 2 aromatic rings. The van der Waals surface area contributed by atoms with Gasteiger partial charge in [0, 0.05) is 31.0 Å². The maximum atomic E-state index is 8.79. The number of likely N-dealkylation sites (tertiary alicyclic amines) is 1. The molecule has 0 saturated carbocycles. The zero-order valence-electron chi connectivity index (χ0n) is 16.2. The number of nitriles is 1. The van der Waals surface area contributed by atoms with Crippen molar-refractivity contribution in [2.24, 2.45) is 0 Å². The van der Waals surface area contributed by atoms with Crippen molar-refractivity contribution in [2.45, 2.75) is 25.8 Å². The lowest BCUT2D eigenvalue weighted by molar-refractivity contribution is -0.191. The van der Waals surface area contributed by atoms with Gasteiger partial charge >= 0.3 is 6.15 Å². The Balaban J connectivity index is 0.000000878. The van der Waals surface area contributed by atoms with E-state index < -0.39 is 0 Å². The van der Waals surface area contributed by atoms with Crippen molar-refractivity contribution >= 4 is 23.5 Å². The monoisotopic (exact) mass is 381 g/mol. The average Bonchev–Trinajstić information content (AvgIpc) is 2.71. The van der Waals surface area contributed by atoms with E-state index >= 15 is 0 Å². The lowest BCUT2D eigenvalue weighted by Crippen LogP contribution is -2.42. The summed E-state index contributed by atoms with van der Waals surface area (Å²) in [6.45, 7) is 4.34. The molecule has 0 amide bonds. The molecule has 0 radical (unpaired) electrons. The van der Waals surface area contributed by atoms with Crippen molar-refractivity contribution in [2.75, 3.05) is 37.4 Å². The van der Waals surface area contributed by atoms with Crippen molar-refractivity contribution in [3.8, 4) is 6.07 Å². The first kappa shape index (κ1) is 21.0. The van der Waals surface area contributed by atoms with Gasteiger partial charge in [-0.15, -0.1) is 0 Å². The highest BCUT2D eigenvalue weighted by molar-refractivity contribution is 5.62. The highest BCUT2D eigenvalue weighted by Crippen LogP contribution is 2.27. The van der Waals surface area contributed by atoms with Crippen LogP contribution in [0, 0.1) is 18.3 Å². The molecule has 3 heterocycles. The van der Waals surface area contributed by atoms with Crippen LogP contribution in [-0.4, -0.2) is 59.2 Å². The summed E-state index contributed by atoms with van der Waals surface area (Å²) in [5, 5.41) is 12.0. The van der Waals surface area contributed by atoms with E-state index in [0.717, 1.165) is 24.5 Å². The van der Waals surface area contributed by atoms with Gasteiger partial charge in [0.25, 0.3) is 0 Å². The summed E-state index contributed by atoms with van der Waals surface area (Å²) in [6.07, 6.45) is 7.44. The maximum absolute atomic E-state index is 8.79. The summed E-state index contributed by atoms with van der Waals surface area (Å²) in [5.41, 5.74) is 2.62. The Morgan fingerprint density at radius 1 is 1.14 bits per heavy atom. The molecule has 1 aliphatic rings. The predicted molar refractivity (Wildman–Crippen MR) is 103 cm³/mol. The predicted octanol–water partition coefficient (Wildman–Crippen LogP) is 1.74. The van der Waals surface area contributed by atoms with Crippen LogP contribution in [0.2, 0.25) is 0 Å². The van der Waals surface area contributed by atoms with E-state index in [0.29, 0.717) is 17.6 Å². The molecule has 2 aromatic heterocycles. The van der Waals surface area contributed by atoms with Crippen LogP contribution in [0.25, 0.3) is 0 Å². The third-order valence-electron chi connectivity index (χ3n) is 4.71. The molecule has 9 nitrogen and oxygen atoms in total. The number of nitrogens with zero attached hydrogens (tertiary/aromatic N) is 6. The second-order valence-electron chi connectivity index (χ2n) is 6.61. The Morgan fingerprint density at radius 3 is 2.36 bits per heavy atom. The summed E-state index contributed by atoms with van der Waals surface area (Å²) in [7, 11) is 4.33. The fourth-order valence-corrected chi connectivity index (χ4v) is 3.12. The number of aryl methyl sites for hydroxylation is 1. The number of piperidine rings is 1. The number of aromatic nitrogens is 3. The number of rotatable bonds is 4. The standard InChI is InChI=1S/C18H23N7.CO2/c1-13-10-21-17(23-18-12-20-14(9-19)11-22-18)8-16(13)25(3)15-4-6-24(2)7-5-15;2-1-3/h8,10-12,15H,4-7H2,1-3H3,(H,21,22,23);. The molecule has 1 N–H and O–H groups in total. The minimum atomic E-state index is 0.250. The van der Waals surface area contributed by atoms with Gasteiger partial charge in [-0.3, -0.25) is 0 Å². The van der Waals surface area contributed by atoms with Gasteiger partial charge in [0.05, 0.1) is 12.4 Å². The molecule has 0 bridgehead atoms. The highest BCUT2D eigenvalue weighted by atomic mass is 16.2. The molecule has 146 valence electrons. The van der Waals surface area contributed by atoms with E-state index in [9.17, 15) is 0 Å². The summed E-state index contributed by atoms with van der Waals surface area (Å²) in [4.78, 5) is 33.6. The number of anilines is 3. The van der Waals surface area contributed by atoms with Gasteiger partial charge in [-0.25, -0.2) is 15.0 Å². The Hall–Kier alpha value is -3.34. The minimum Gasteiger partial charge on any atom is -0.371 e. The van der Waals surface area contributed by atoms with Gasteiger partial charge in [0.1, 0.15) is 17.7 Å². The highest BCUT2D eigenvalue weighted by Gasteiger charge is 2.22. The van der Waals surface area contributed by atoms with E-state index in [-0.39, 0.29) is 6.15 Å². The second-order valence-corrected chi connectivity index (χ2v) is 6.61. The van der Waals surface area contributed by atoms with Crippen molar-refractivity contribution in [3.05, 3.63) is 35.9 Å². The smallest absolute Gasteiger partial charge is 0.371 e. The fraction of sp³-hybridized carbons (Fsp3) is 0.421. The van der Waals surface area contributed by atoms with Crippen molar-refractivity contribution in [3.63, 3.8) is 0 Å². The number of pyridine rings is 1. The summed E-state index contributed by atoms with van der Waals surface area (Å²) in [6, 6.07) is 4.55. The molecular formula is C19H23N7O2. The Kier molecular flexibility index (Phi) is 7.57. The first-order chi connectivity index (χ1) is 13.5. The van der Waals surface area contributed by atoms with Gasteiger partial charge in [-0.2, -0.15) is 14.9 Å². The van der Waals surface area contributed by atoms with Gasteiger partial charge in [0.15, 0.2) is 5.69 Å². The summed E-state index contributed by atoms with van der Waals surface area (Å²) < 4.78 is 0. The van der Waals surface area contributed by atoms with E-state index in [2.05, 4.69) is 51.1 Å². The Labute approximate surface area is 164 Å². The molecule has 1 saturated heterocycles. The molecule has 0 unspecified atom stereocenters. The van der Waals surface area contributed by atoms with E-state index in [1.807, 2.05) is 18.3 Å². The van der Waals surface area contributed by atoms with Gasteiger partial charge in [0.2, 0.25) is 0 Å². The molecule has 28 heavy (non-hydrogen) atoms. The van der Waals surface area contributed by atoms with E-state index in [1.54, 1.807) is 6.20 Å². The molecule has 0 atom stereocenters. The van der Waals surface area contributed by atoms with E-state index in [4.69, 9.17) is 14.9 Å². The average molecular weight is 381 g/mol. The third kappa shape index (κ3) is 5.58. The molecule has 9 heteroatoms. The minimum absolute atomic E-state index is 0.250. The maximum Gasteiger partial charge on any atom is 0.373 e. The summed E-state index contributed by atoms with van der Waals surface area (Å²) in [5.74, 6) is 1.29. The Morgan fingerprint density at radius 2 is 1.79 bits per heavy atom. The molecule has 1 fully saturated rings. The van der Waals surface area contributed by atoms with Crippen LogP contribution in [0.15, 0.2) is 24.7 Å². The topological polar surface area (TPSA) is 115 Å².